The monoisotopic (exact) mass is 576 g/mol. The summed E-state index contributed by atoms with van der Waals surface area (Å²) in [4.78, 5) is 0. The van der Waals surface area contributed by atoms with Gasteiger partial charge in [-0.05, 0) is 65.4 Å². The minimum atomic E-state index is -4.63. The maximum absolute atomic E-state index is 15.0. The van der Waals surface area contributed by atoms with Gasteiger partial charge in [-0.1, -0.05) is 42.5 Å². The van der Waals surface area contributed by atoms with Gasteiger partial charge in [0, 0.05) is 11.6 Å². The van der Waals surface area contributed by atoms with Crippen LogP contribution in [-0.4, -0.2) is 0 Å². The third-order valence-electron chi connectivity index (χ3n) is 5.96. The Labute approximate surface area is 229 Å². The van der Waals surface area contributed by atoms with Gasteiger partial charge in [-0.25, -0.2) is 17.6 Å². The van der Waals surface area contributed by atoms with Crippen molar-refractivity contribution in [2.24, 2.45) is 0 Å². The highest BCUT2D eigenvalue weighted by Crippen LogP contribution is 2.38. The van der Waals surface area contributed by atoms with Crippen molar-refractivity contribution in [2.45, 2.75) is 19.0 Å². The minimum Gasteiger partial charge on any atom is -0.456 e. The second kappa shape index (κ2) is 12.3. The van der Waals surface area contributed by atoms with Gasteiger partial charge in [0.05, 0.1) is 0 Å². The highest BCUT2D eigenvalue weighted by molar-refractivity contribution is 5.71. The van der Waals surface area contributed by atoms with Crippen LogP contribution in [0.15, 0.2) is 97.8 Å². The Bertz CT molecular complexity index is 1570. The Kier molecular flexibility index (Phi) is 8.80. The van der Waals surface area contributed by atoms with Crippen molar-refractivity contribution in [3.8, 4) is 33.8 Å². The predicted molar refractivity (Wildman–Crippen MR) is 138 cm³/mol. The number of rotatable bonds is 10. The maximum Gasteiger partial charge on any atom is 0.432 e. The van der Waals surface area contributed by atoms with Gasteiger partial charge in [-0.3, -0.25) is 0 Å². The van der Waals surface area contributed by atoms with Crippen LogP contribution in [0.25, 0.3) is 22.3 Å². The Morgan fingerprint density at radius 1 is 0.732 bits per heavy atom. The average molecular weight is 576 g/mol. The fraction of sp³-hybridized carbons (Fsp3) is 0.0968. The molecule has 0 bridgehead atoms. The lowest BCUT2D eigenvalue weighted by molar-refractivity contribution is -0.189. The van der Waals surface area contributed by atoms with Crippen LogP contribution < -0.4 is 9.47 Å². The molecule has 2 nitrogen and oxygen atoms in total. The van der Waals surface area contributed by atoms with E-state index >= 15 is 4.39 Å². The van der Waals surface area contributed by atoms with Gasteiger partial charge in [0.1, 0.15) is 28.8 Å². The van der Waals surface area contributed by atoms with Crippen LogP contribution in [-0.2, 0) is 12.5 Å². The first kappa shape index (κ1) is 29.4. The molecule has 0 aliphatic heterocycles. The van der Waals surface area contributed by atoms with Gasteiger partial charge in [0.15, 0.2) is 17.8 Å². The summed E-state index contributed by atoms with van der Waals surface area (Å²) in [5, 5.41) is 0. The molecule has 0 saturated carbocycles. The molecule has 0 N–H and O–H groups in total. The van der Waals surface area contributed by atoms with E-state index in [0.29, 0.717) is 35.4 Å². The fourth-order valence-electron chi connectivity index (χ4n) is 4.02. The summed E-state index contributed by atoms with van der Waals surface area (Å²) in [6.07, 6.45) is -3.57. The molecular weight excluding hydrogens is 556 g/mol. The lowest BCUT2D eigenvalue weighted by Crippen LogP contribution is -2.25. The molecule has 4 aromatic carbocycles. The van der Waals surface area contributed by atoms with Gasteiger partial charge in [-0.15, -0.1) is 6.58 Å². The zero-order valence-corrected chi connectivity index (χ0v) is 21.0. The number of hydrogen-bond donors (Lipinski definition) is 0. The molecule has 0 unspecified atom stereocenters. The summed E-state index contributed by atoms with van der Waals surface area (Å²) in [7, 11) is 0. The Morgan fingerprint density at radius 3 is 1.95 bits per heavy atom. The maximum atomic E-state index is 15.0. The Hall–Kier alpha value is -4.60. The van der Waals surface area contributed by atoms with Gasteiger partial charge >= 0.3 is 12.2 Å². The topological polar surface area (TPSA) is 18.5 Å². The lowest BCUT2D eigenvalue weighted by atomic mass is 9.97. The Balaban J connectivity index is 1.57. The predicted octanol–water partition coefficient (Wildman–Crippen LogP) is 9.94. The van der Waals surface area contributed by atoms with E-state index in [4.69, 9.17) is 0 Å². The molecule has 0 atom stereocenters. The highest BCUT2D eigenvalue weighted by Gasteiger charge is 2.41. The molecule has 0 saturated heterocycles. The minimum absolute atomic E-state index is 0.0703. The molecule has 4 aromatic rings. The molecule has 41 heavy (non-hydrogen) atoms. The van der Waals surface area contributed by atoms with Crippen molar-refractivity contribution < 1.29 is 44.6 Å². The average Bonchev–Trinajstić information content (AvgIpc) is 2.90. The molecule has 0 aliphatic carbocycles. The lowest BCUT2D eigenvalue weighted by Gasteiger charge is -2.20. The summed E-state index contributed by atoms with van der Waals surface area (Å²) in [6.45, 7) is 3.68. The SMILES string of the molecule is C=CCCc1ccc(-c2ccc(-c3cc(F)c(C(F)(F)Oc4ccc(OC=C(F)F)c(F)c4)c(F)c3)c(F)c2)cc1. The van der Waals surface area contributed by atoms with Crippen molar-refractivity contribution in [3.63, 3.8) is 0 Å². The first-order valence-corrected chi connectivity index (χ1v) is 12.0. The number of aryl methyl sites for hydroxylation is 1. The second-order valence-corrected chi connectivity index (χ2v) is 8.77. The third kappa shape index (κ3) is 6.95. The van der Waals surface area contributed by atoms with E-state index in [9.17, 15) is 30.7 Å². The molecule has 212 valence electrons. The quantitative estimate of drug-likeness (QED) is 0.106. The first-order chi connectivity index (χ1) is 19.5. The number of alkyl halides is 2. The molecule has 0 fully saturated rings. The summed E-state index contributed by atoms with van der Waals surface area (Å²) in [5.41, 5.74) is -0.113. The van der Waals surface area contributed by atoms with E-state index in [1.165, 1.54) is 12.1 Å². The van der Waals surface area contributed by atoms with Gasteiger partial charge in [-0.2, -0.15) is 17.6 Å². The van der Waals surface area contributed by atoms with Crippen molar-refractivity contribution in [1.29, 1.82) is 0 Å². The molecule has 0 aromatic heterocycles. The van der Waals surface area contributed by atoms with Crippen LogP contribution in [0.3, 0.4) is 0 Å². The van der Waals surface area contributed by atoms with Crippen LogP contribution in [0.5, 0.6) is 11.5 Å². The standard InChI is InChI=1S/C31H20F8O2/c1-2-3-4-18-5-7-19(8-6-18)20-9-11-23(24(32)13-20)21-14-26(34)30(27(35)15-21)31(38,39)41-22-10-12-28(25(33)16-22)40-17-29(36)37/h2,5-17H,1,3-4H2. The smallest absolute Gasteiger partial charge is 0.432 e. The number of hydrogen-bond acceptors (Lipinski definition) is 2. The van der Waals surface area contributed by atoms with Crippen LogP contribution in [0.1, 0.15) is 17.5 Å². The molecule has 4 rings (SSSR count). The van der Waals surface area contributed by atoms with Crippen molar-refractivity contribution in [2.75, 3.05) is 0 Å². The molecule has 0 radical (unpaired) electrons. The fourth-order valence-corrected chi connectivity index (χ4v) is 4.02. The molecule has 0 spiro atoms. The first-order valence-electron chi connectivity index (χ1n) is 12.0. The van der Waals surface area contributed by atoms with Crippen LogP contribution in [0.2, 0.25) is 0 Å². The van der Waals surface area contributed by atoms with E-state index in [1.54, 1.807) is 18.2 Å². The molecule has 0 heterocycles. The summed E-state index contributed by atoms with van der Waals surface area (Å²) >= 11 is 0. The second-order valence-electron chi connectivity index (χ2n) is 8.77. The van der Waals surface area contributed by atoms with Crippen molar-refractivity contribution >= 4 is 0 Å². The summed E-state index contributed by atoms with van der Waals surface area (Å²) in [5.74, 6) is -7.28. The zero-order chi connectivity index (χ0) is 29.7. The van der Waals surface area contributed by atoms with Crippen molar-refractivity contribution in [1.82, 2.24) is 0 Å². The van der Waals surface area contributed by atoms with E-state index in [0.717, 1.165) is 30.5 Å². The van der Waals surface area contributed by atoms with E-state index < -0.39 is 52.5 Å². The van der Waals surface area contributed by atoms with Gasteiger partial charge < -0.3 is 9.47 Å². The molecule has 10 heteroatoms. The number of benzene rings is 4. The number of halogens is 8. The normalized spacial score (nSPS) is 11.2. The summed E-state index contributed by atoms with van der Waals surface area (Å²) in [6, 6.07) is 14.2. The van der Waals surface area contributed by atoms with Gasteiger partial charge in [0.25, 0.3) is 0 Å². The molecular formula is C31H20F8O2. The third-order valence-corrected chi connectivity index (χ3v) is 5.96. The zero-order valence-electron chi connectivity index (χ0n) is 21.0. The number of allylic oxidation sites excluding steroid dienone is 1. The van der Waals surface area contributed by atoms with E-state index in [2.05, 4.69) is 16.1 Å². The highest BCUT2D eigenvalue weighted by atomic mass is 19.3. The van der Waals surface area contributed by atoms with Gasteiger partial charge in [0.2, 0.25) is 0 Å². The van der Waals surface area contributed by atoms with Crippen LogP contribution >= 0.6 is 0 Å². The molecule has 0 aliphatic rings. The summed E-state index contributed by atoms with van der Waals surface area (Å²) < 4.78 is 121. The van der Waals surface area contributed by atoms with Crippen molar-refractivity contribution in [3.05, 3.63) is 132 Å². The van der Waals surface area contributed by atoms with Crippen LogP contribution in [0.4, 0.5) is 35.1 Å². The number of ether oxygens (including phenoxy) is 2. The van der Waals surface area contributed by atoms with Crippen LogP contribution in [0, 0.1) is 23.3 Å². The Morgan fingerprint density at radius 2 is 1.37 bits per heavy atom. The van der Waals surface area contributed by atoms with E-state index in [-0.39, 0.29) is 17.4 Å². The largest absolute Gasteiger partial charge is 0.456 e. The molecule has 0 amide bonds. The van der Waals surface area contributed by atoms with E-state index in [1.807, 2.05) is 12.1 Å².